The van der Waals surface area contributed by atoms with Crippen molar-refractivity contribution >= 4 is 5.82 Å². The first-order valence-electron chi connectivity index (χ1n) is 5.04. The van der Waals surface area contributed by atoms with E-state index < -0.39 is 5.82 Å². The van der Waals surface area contributed by atoms with Gasteiger partial charge in [0.2, 0.25) is 0 Å². The van der Waals surface area contributed by atoms with Crippen molar-refractivity contribution < 1.29 is 9.13 Å². The van der Waals surface area contributed by atoms with Gasteiger partial charge in [-0.05, 0) is 19.1 Å². The van der Waals surface area contributed by atoms with E-state index in [-0.39, 0.29) is 0 Å². The molecule has 2 aromatic rings. The van der Waals surface area contributed by atoms with Crippen LogP contribution in [0.15, 0.2) is 24.5 Å². The summed E-state index contributed by atoms with van der Waals surface area (Å²) in [6, 6.07) is 4.60. The fraction of sp³-hybridized carbons (Fsp3) is 0.167. The highest BCUT2D eigenvalue weighted by Gasteiger charge is 2.12. The lowest BCUT2D eigenvalue weighted by atomic mass is 10.1. The van der Waals surface area contributed by atoms with Crippen LogP contribution in [0.5, 0.6) is 5.75 Å². The van der Waals surface area contributed by atoms with Gasteiger partial charge in [0.15, 0.2) is 0 Å². The summed E-state index contributed by atoms with van der Waals surface area (Å²) >= 11 is 0. The fourth-order valence-electron chi connectivity index (χ4n) is 1.55. The Bertz CT molecular complexity index is 557. The zero-order valence-electron chi connectivity index (χ0n) is 9.57. The maximum absolute atomic E-state index is 13.9. The van der Waals surface area contributed by atoms with E-state index in [0.29, 0.717) is 28.4 Å². The molecular weight excluding hydrogens is 221 g/mol. The maximum atomic E-state index is 13.9. The molecule has 1 aromatic carbocycles. The molecule has 2 N–H and O–H groups in total. The number of halogens is 1. The predicted molar refractivity (Wildman–Crippen MR) is 63.1 cm³/mol. The van der Waals surface area contributed by atoms with E-state index in [0.717, 1.165) is 0 Å². The van der Waals surface area contributed by atoms with Crippen LogP contribution in [0.3, 0.4) is 0 Å². The first kappa shape index (κ1) is 11.3. The highest BCUT2D eigenvalue weighted by atomic mass is 19.1. The van der Waals surface area contributed by atoms with Crippen molar-refractivity contribution in [3.05, 3.63) is 35.9 Å². The van der Waals surface area contributed by atoms with Crippen LogP contribution in [0.25, 0.3) is 11.3 Å². The number of nitrogen functional groups attached to an aromatic ring is 1. The third-order valence-corrected chi connectivity index (χ3v) is 2.55. The highest BCUT2D eigenvalue weighted by molar-refractivity contribution is 5.67. The van der Waals surface area contributed by atoms with Gasteiger partial charge < -0.3 is 10.5 Å². The van der Waals surface area contributed by atoms with Gasteiger partial charge in [-0.2, -0.15) is 0 Å². The van der Waals surface area contributed by atoms with E-state index in [2.05, 4.69) is 9.97 Å². The van der Waals surface area contributed by atoms with E-state index in [1.807, 2.05) is 0 Å². The Labute approximate surface area is 98.3 Å². The number of nitrogens with zero attached hydrogens (tertiary/aromatic N) is 2. The van der Waals surface area contributed by atoms with Crippen molar-refractivity contribution in [1.82, 2.24) is 9.97 Å². The molecule has 0 spiro atoms. The van der Waals surface area contributed by atoms with Gasteiger partial charge in [-0.25, -0.2) is 14.4 Å². The molecule has 0 unspecified atom stereocenters. The molecule has 0 saturated carbocycles. The molecule has 0 atom stereocenters. The minimum Gasteiger partial charge on any atom is -0.497 e. The second-order valence-electron chi connectivity index (χ2n) is 3.58. The largest absolute Gasteiger partial charge is 0.497 e. The zero-order valence-corrected chi connectivity index (χ0v) is 9.57. The number of ether oxygens (including phenoxy) is 1. The number of nitrogens with two attached hydrogens (primary N) is 1. The molecule has 0 amide bonds. The van der Waals surface area contributed by atoms with Crippen LogP contribution in [0.1, 0.15) is 5.56 Å². The van der Waals surface area contributed by atoms with E-state index >= 15 is 0 Å². The summed E-state index contributed by atoms with van der Waals surface area (Å²) in [4.78, 5) is 7.90. The number of hydrogen-bond donors (Lipinski definition) is 1. The summed E-state index contributed by atoms with van der Waals surface area (Å²) in [5.41, 5.74) is 7.21. The van der Waals surface area contributed by atoms with Crippen LogP contribution < -0.4 is 10.5 Å². The normalized spacial score (nSPS) is 10.3. The van der Waals surface area contributed by atoms with Gasteiger partial charge in [-0.15, -0.1) is 0 Å². The van der Waals surface area contributed by atoms with Crippen LogP contribution in [-0.4, -0.2) is 17.1 Å². The van der Waals surface area contributed by atoms with Gasteiger partial charge >= 0.3 is 0 Å². The minimum atomic E-state index is -0.398. The highest BCUT2D eigenvalue weighted by Crippen LogP contribution is 2.28. The van der Waals surface area contributed by atoms with Gasteiger partial charge in [0, 0.05) is 17.2 Å². The topological polar surface area (TPSA) is 61.0 Å². The first-order chi connectivity index (χ1) is 8.13. The molecule has 0 radical (unpaired) electrons. The number of anilines is 1. The standard InChI is InChI=1S/C12H12FN3O/c1-7-11(15-6-16-12(7)14)9-4-3-8(17-2)5-10(9)13/h3-6H,1-2H3,(H2,14,15,16). The molecular formula is C12H12FN3O. The Kier molecular flexibility index (Phi) is 2.91. The minimum absolute atomic E-state index is 0.352. The number of rotatable bonds is 2. The van der Waals surface area contributed by atoms with E-state index in [1.165, 1.54) is 19.5 Å². The van der Waals surface area contributed by atoms with Crippen LogP contribution in [0.4, 0.5) is 10.2 Å². The summed E-state index contributed by atoms with van der Waals surface area (Å²) in [7, 11) is 1.49. The van der Waals surface area contributed by atoms with Crippen LogP contribution in [0, 0.1) is 12.7 Å². The molecule has 1 aromatic heterocycles. The lowest BCUT2D eigenvalue weighted by molar-refractivity contribution is 0.411. The van der Waals surface area contributed by atoms with Crippen molar-refractivity contribution in [3.8, 4) is 17.0 Å². The van der Waals surface area contributed by atoms with Crippen molar-refractivity contribution in [2.45, 2.75) is 6.92 Å². The molecule has 0 saturated heterocycles. The van der Waals surface area contributed by atoms with E-state index in [1.54, 1.807) is 19.1 Å². The molecule has 1 heterocycles. The van der Waals surface area contributed by atoms with Crippen molar-refractivity contribution in [3.63, 3.8) is 0 Å². The summed E-state index contributed by atoms with van der Waals surface area (Å²) in [6.45, 7) is 1.76. The molecule has 0 fully saturated rings. The molecule has 17 heavy (non-hydrogen) atoms. The monoisotopic (exact) mass is 233 g/mol. The number of methoxy groups -OCH3 is 1. The van der Waals surface area contributed by atoms with Gasteiger partial charge in [0.25, 0.3) is 0 Å². The smallest absolute Gasteiger partial charge is 0.136 e. The lowest BCUT2D eigenvalue weighted by Gasteiger charge is -2.08. The van der Waals surface area contributed by atoms with Crippen LogP contribution in [-0.2, 0) is 0 Å². The fourth-order valence-corrected chi connectivity index (χ4v) is 1.55. The Balaban J connectivity index is 2.57. The molecule has 2 rings (SSSR count). The van der Waals surface area contributed by atoms with Crippen LogP contribution in [0.2, 0.25) is 0 Å². The summed E-state index contributed by atoms with van der Waals surface area (Å²) < 4.78 is 18.8. The molecule has 0 bridgehead atoms. The summed E-state index contributed by atoms with van der Waals surface area (Å²) in [5, 5.41) is 0. The zero-order chi connectivity index (χ0) is 12.4. The summed E-state index contributed by atoms with van der Waals surface area (Å²) in [5.74, 6) is 0.418. The van der Waals surface area contributed by atoms with Crippen molar-refractivity contribution in [2.75, 3.05) is 12.8 Å². The third kappa shape index (κ3) is 2.04. The maximum Gasteiger partial charge on any atom is 0.136 e. The molecule has 5 heteroatoms. The van der Waals surface area contributed by atoms with E-state index in [9.17, 15) is 4.39 Å². The Hall–Kier alpha value is -2.17. The quantitative estimate of drug-likeness (QED) is 0.863. The third-order valence-electron chi connectivity index (χ3n) is 2.55. The Morgan fingerprint density at radius 3 is 2.71 bits per heavy atom. The van der Waals surface area contributed by atoms with Crippen LogP contribution >= 0.6 is 0 Å². The van der Waals surface area contributed by atoms with Gasteiger partial charge in [0.05, 0.1) is 12.8 Å². The SMILES string of the molecule is COc1ccc(-c2ncnc(N)c2C)c(F)c1. The second-order valence-corrected chi connectivity index (χ2v) is 3.58. The molecule has 0 aliphatic rings. The summed E-state index contributed by atoms with van der Waals surface area (Å²) in [6.07, 6.45) is 1.32. The average Bonchev–Trinajstić information content (AvgIpc) is 2.33. The Morgan fingerprint density at radius 2 is 2.06 bits per heavy atom. The Morgan fingerprint density at radius 1 is 1.29 bits per heavy atom. The molecule has 88 valence electrons. The van der Waals surface area contributed by atoms with Crippen molar-refractivity contribution in [2.24, 2.45) is 0 Å². The molecule has 4 nitrogen and oxygen atoms in total. The average molecular weight is 233 g/mol. The number of hydrogen-bond acceptors (Lipinski definition) is 4. The van der Waals surface area contributed by atoms with E-state index in [4.69, 9.17) is 10.5 Å². The number of benzene rings is 1. The van der Waals surface area contributed by atoms with Gasteiger partial charge in [0.1, 0.15) is 23.7 Å². The molecule has 0 aliphatic carbocycles. The first-order valence-corrected chi connectivity index (χ1v) is 5.04. The second kappa shape index (κ2) is 4.37. The van der Waals surface area contributed by atoms with Crippen molar-refractivity contribution in [1.29, 1.82) is 0 Å². The predicted octanol–water partition coefficient (Wildman–Crippen LogP) is 2.18. The van der Waals surface area contributed by atoms with Gasteiger partial charge in [-0.3, -0.25) is 0 Å². The molecule has 0 aliphatic heterocycles. The lowest BCUT2D eigenvalue weighted by Crippen LogP contribution is -1.99. The number of aromatic nitrogens is 2. The van der Waals surface area contributed by atoms with Gasteiger partial charge in [-0.1, -0.05) is 0 Å².